The number of hydrogen-bond donors (Lipinski definition) is 0. The van der Waals surface area contributed by atoms with Gasteiger partial charge in [-0.15, -0.1) is 5.10 Å². The van der Waals surface area contributed by atoms with Crippen molar-refractivity contribution in [1.29, 1.82) is 5.26 Å². The van der Waals surface area contributed by atoms with Crippen LogP contribution in [-0.4, -0.2) is 59.4 Å². The lowest BCUT2D eigenvalue weighted by Crippen LogP contribution is -2.30. The van der Waals surface area contributed by atoms with Crippen LogP contribution in [0.4, 0.5) is 16.2 Å². The molecule has 0 spiro atoms. The molecule has 0 saturated carbocycles. The zero-order chi connectivity index (χ0) is 22.5. The standard InChI is InChI=1S/C22H24N6O4/c1-2-31-21(29)20-15-27(25-24-20)13-19-14-28(22(30)32-19)18-5-3-17(4-6-18)26-11-8-16(7-10-23)9-12-26/h3-7,15,19H,2,8-9,11-14H2,1H3/t19-/m0/s1. The minimum Gasteiger partial charge on any atom is -0.461 e. The molecule has 0 radical (unpaired) electrons. The Bertz CT molecular complexity index is 1050. The molecule has 2 fully saturated rings. The number of nitriles is 1. The quantitative estimate of drug-likeness (QED) is 0.501. The monoisotopic (exact) mass is 436 g/mol. The van der Waals surface area contributed by atoms with Crippen molar-refractivity contribution in [2.24, 2.45) is 0 Å². The molecule has 0 N–H and O–H groups in total. The average molecular weight is 436 g/mol. The van der Waals surface area contributed by atoms with Gasteiger partial charge in [0.05, 0.1) is 32.0 Å². The van der Waals surface area contributed by atoms with E-state index in [4.69, 9.17) is 14.7 Å². The fourth-order valence-electron chi connectivity index (χ4n) is 3.85. The second-order valence-corrected chi connectivity index (χ2v) is 7.60. The molecule has 2 saturated heterocycles. The van der Waals surface area contributed by atoms with Gasteiger partial charge in [-0.3, -0.25) is 4.90 Å². The molecule has 10 nitrogen and oxygen atoms in total. The number of ether oxygens (including phenoxy) is 2. The van der Waals surface area contributed by atoms with Gasteiger partial charge in [0, 0.05) is 30.5 Å². The highest BCUT2D eigenvalue weighted by molar-refractivity contribution is 5.90. The zero-order valence-electron chi connectivity index (χ0n) is 17.8. The molecule has 0 bridgehead atoms. The van der Waals surface area contributed by atoms with Crippen molar-refractivity contribution in [3.05, 3.63) is 47.8 Å². The number of amides is 1. The van der Waals surface area contributed by atoms with Crippen molar-refractivity contribution < 1.29 is 19.1 Å². The number of cyclic esters (lactones) is 1. The van der Waals surface area contributed by atoms with E-state index in [0.717, 1.165) is 37.3 Å². The normalized spacial score (nSPS) is 18.3. The lowest BCUT2D eigenvalue weighted by atomic mass is 10.0. The van der Waals surface area contributed by atoms with E-state index in [1.165, 1.54) is 16.5 Å². The number of carbonyl (C=O) groups is 2. The summed E-state index contributed by atoms with van der Waals surface area (Å²) in [4.78, 5) is 28.0. The van der Waals surface area contributed by atoms with Crippen LogP contribution in [0.3, 0.4) is 0 Å². The number of anilines is 2. The Labute approximate surface area is 185 Å². The maximum atomic E-state index is 12.4. The van der Waals surface area contributed by atoms with Crippen molar-refractivity contribution in [1.82, 2.24) is 15.0 Å². The third-order valence-corrected chi connectivity index (χ3v) is 5.49. The Kier molecular flexibility index (Phi) is 6.35. The molecule has 1 aromatic carbocycles. The molecule has 166 valence electrons. The molecular formula is C22H24N6O4. The van der Waals surface area contributed by atoms with E-state index in [2.05, 4.69) is 21.3 Å². The van der Waals surface area contributed by atoms with Crippen molar-refractivity contribution in [2.45, 2.75) is 32.4 Å². The van der Waals surface area contributed by atoms with Gasteiger partial charge in [-0.1, -0.05) is 10.8 Å². The molecule has 10 heteroatoms. The third kappa shape index (κ3) is 4.72. The van der Waals surface area contributed by atoms with Crippen molar-refractivity contribution in [3.8, 4) is 6.07 Å². The number of rotatable bonds is 6. The highest BCUT2D eigenvalue weighted by atomic mass is 16.6. The highest BCUT2D eigenvalue weighted by Gasteiger charge is 2.33. The average Bonchev–Trinajstić information content (AvgIpc) is 3.41. The summed E-state index contributed by atoms with van der Waals surface area (Å²) in [6.45, 7) is 4.38. The van der Waals surface area contributed by atoms with Crippen LogP contribution in [0, 0.1) is 11.3 Å². The first-order valence-electron chi connectivity index (χ1n) is 10.6. The molecule has 1 atom stereocenters. The van der Waals surface area contributed by atoms with Gasteiger partial charge >= 0.3 is 12.1 Å². The van der Waals surface area contributed by atoms with Crippen molar-refractivity contribution in [2.75, 3.05) is 36.0 Å². The molecule has 2 aromatic rings. The first-order valence-corrected chi connectivity index (χ1v) is 10.6. The lowest BCUT2D eigenvalue weighted by molar-refractivity contribution is 0.0519. The molecule has 2 aliphatic heterocycles. The Balaban J connectivity index is 1.35. The number of esters is 1. The Morgan fingerprint density at radius 1 is 1.28 bits per heavy atom. The first-order chi connectivity index (χ1) is 15.6. The maximum Gasteiger partial charge on any atom is 0.414 e. The van der Waals surface area contributed by atoms with Gasteiger partial charge < -0.3 is 14.4 Å². The van der Waals surface area contributed by atoms with Crippen LogP contribution in [0.25, 0.3) is 0 Å². The number of nitrogens with zero attached hydrogens (tertiary/aromatic N) is 6. The smallest absolute Gasteiger partial charge is 0.414 e. The molecule has 2 aliphatic rings. The van der Waals surface area contributed by atoms with Crippen LogP contribution in [-0.2, 0) is 16.0 Å². The predicted molar refractivity (Wildman–Crippen MR) is 115 cm³/mol. The Hall–Kier alpha value is -3.87. The second kappa shape index (κ2) is 9.51. The second-order valence-electron chi connectivity index (χ2n) is 7.60. The van der Waals surface area contributed by atoms with Gasteiger partial charge in [-0.25, -0.2) is 14.3 Å². The van der Waals surface area contributed by atoms with Crippen LogP contribution >= 0.6 is 0 Å². The number of benzene rings is 1. The first kappa shape index (κ1) is 21.4. The SMILES string of the molecule is CCOC(=O)c1cn(C[C@H]2CN(c3ccc(N4CCC(=CC#N)CC4)cc3)C(=O)O2)nn1. The molecular weight excluding hydrogens is 412 g/mol. The molecule has 4 rings (SSSR count). The van der Waals surface area contributed by atoms with Crippen LogP contribution < -0.4 is 9.80 Å². The van der Waals surface area contributed by atoms with Gasteiger partial charge in [-0.2, -0.15) is 5.26 Å². The molecule has 0 aliphatic carbocycles. The fraction of sp³-hybridized carbons (Fsp3) is 0.409. The minimum atomic E-state index is -0.533. The van der Waals surface area contributed by atoms with Gasteiger partial charge in [0.25, 0.3) is 0 Å². The van der Waals surface area contributed by atoms with Crippen LogP contribution in [0.1, 0.15) is 30.3 Å². The van der Waals surface area contributed by atoms with E-state index in [1.807, 2.05) is 24.3 Å². The molecule has 1 amide bonds. The zero-order valence-corrected chi connectivity index (χ0v) is 17.8. The van der Waals surface area contributed by atoms with Gasteiger partial charge in [0.15, 0.2) is 5.69 Å². The third-order valence-electron chi connectivity index (χ3n) is 5.49. The number of piperidine rings is 1. The lowest BCUT2D eigenvalue weighted by Gasteiger charge is -2.30. The topological polar surface area (TPSA) is 114 Å². The van der Waals surface area contributed by atoms with Gasteiger partial charge in [0.2, 0.25) is 0 Å². The van der Waals surface area contributed by atoms with E-state index in [0.29, 0.717) is 13.1 Å². The van der Waals surface area contributed by atoms with Crippen LogP contribution in [0.2, 0.25) is 0 Å². The van der Waals surface area contributed by atoms with Gasteiger partial charge in [-0.05, 0) is 44.0 Å². The summed E-state index contributed by atoms with van der Waals surface area (Å²) in [6, 6.07) is 9.92. The number of carbonyl (C=O) groups excluding carboxylic acids is 2. The van der Waals surface area contributed by atoms with Gasteiger partial charge in [0.1, 0.15) is 6.10 Å². The molecule has 3 heterocycles. The summed E-state index contributed by atoms with van der Waals surface area (Å²) >= 11 is 0. The maximum absolute atomic E-state index is 12.4. The van der Waals surface area contributed by atoms with Crippen molar-refractivity contribution >= 4 is 23.4 Å². The summed E-state index contributed by atoms with van der Waals surface area (Å²) in [5.74, 6) is -0.533. The molecule has 1 aromatic heterocycles. The summed E-state index contributed by atoms with van der Waals surface area (Å²) < 4.78 is 11.8. The fourth-order valence-corrected chi connectivity index (χ4v) is 3.85. The summed E-state index contributed by atoms with van der Waals surface area (Å²) in [6.07, 6.45) is 4.07. The van der Waals surface area contributed by atoms with Crippen molar-refractivity contribution in [3.63, 3.8) is 0 Å². The predicted octanol–water partition coefficient (Wildman–Crippen LogP) is 2.53. The number of allylic oxidation sites excluding steroid dienone is 1. The Morgan fingerprint density at radius 3 is 2.69 bits per heavy atom. The van der Waals surface area contributed by atoms with E-state index >= 15 is 0 Å². The van der Waals surface area contributed by atoms with E-state index in [9.17, 15) is 9.59 Å². The Morgan fingerprint density at radius 2 is 2.00 bits per heavy atom. The summed E-state index contributed by atoms with van der Waals surface area (Å²) in [5.41, 5.74) is 3.15. The molecule has 32 heavy (non-hydrogen) atoms. The van der Waals surface area contributed by atoms with E-state index < -0.39 is 18.2 Å². The minimum absolute atomic E-state index is 0.122. The van der Waals surface area contributed by atoms with Crippen LogP contribution in [0.5, 0.6) is 0 Å². The summed E-state index contributed by atoms with van der Waals surface area (Å²) in [7, 11) is 0. The van der Waals surface area contributed by atoms with E-state index in [1.54, 1.807) is 17.9 Å². The molecule has 0 unspecified atom stereocenters. The highest BCUT2D eigenvalue weighted by Crippen LogP contribution is 2.27. The summed E-state index contributed by atoms with van der Waals surface area (Å²) in [5, 5.41) is 16.5. The largest absolute Gasteiger partial charge is 0.461 e. The van der Waals surface area contributed by atoms with E-state index in [-0.39, 0.29) is 12.3 Å². The number of hydrogen-bond acceptors (Lipinski definition) is 8. The van der Waals surface area contributed by atoms with Crippen LogP contribution in [0.15, 0.2) is 42.1 Å². The number of aromatic nitrogens is 3.